The summed E-state index contributed by atoms with van der Waals surface area (Å²) in [5, 5.41) is 14.3. The number of fused-ring (bicyclic) bond motifs is 1. The lowest BCUT2D eigenvalue weighted by atomic mass is 10.00. The third-order valence-corrected chi connectivity index (χ3v) is 6.04. The lowest BCUT2D eigenvalue weighted by Gasteiger charge is -2.36. The van der Waals surface area contributed by atoms with Gasteiger partial charge in [0.2, 0.25) is 5.91 Å². The average Bonchev–Trinajstić information content (AvgIpc) is 2.85. The summed E-state index contributed by atoms with van der Waals surface area (Å²) < 4.78 is 27.5. The summed E-state index contributed by atoms with van der Waals surface area (Å²) >= 11 is 6.03. The van der Waals surface area contributed by atoms with Gasteiger partial charge < -0.3 is 10.2 Å². The molecular weight excluding hydrogens is 474 g/mol. The maximum atomic E-state index is 13.8. The fraction of sp³-hybridized carbons (Fsp3) is 0.231. The number of carbonyl (C=O) groups excluding carboxylic acids is 2. The van der Waals surface area contributed by atoms with E-state index in [1.54, 1.807) is 6.08 Å². The second kappa shape index (κ2) is 10.2. The van der Waals surface area contributed by atoms with Crippen LogP contribution in [0.5, 0.6) is 0 Å². The molecule has 1 fully saturated rings. The van der Waals surface area contributed by atoms with Crippen LogP contribution in [0.15, 0.2) is 54.9 Å². The Morgan fingerprint density at radius 1 is 1.20 bits per heavy atom. The van der Waals surface area contributed by atoms with E-state index in [-0.39, 0.29) is 12.0 Å². The molecule has 2 amide bonds. The Balaban J connectivity index is 1.46. The molecule has 0 spiro atoms. The maximum absolute atomic E-state index is 13.8. The maximum Gasteiger partial charge on any atom is 0.265 e. The van der Waals surface area contributed by atoms with Gasteiger partial charge in [-0.2, -0.15) is 5.26 Å². The van der Waals surface area contributed by atoms with Gasteiger partial charge in [-0.1, -0.05) is 42.0 Å². The van der Waals surface area contributed by atoms with E-state index in [2.05, 4.69) is 10.3 Å². The molecule has 1 aromatic heterocycles. The number of nitriles is 1. The van der Waals surface area contributed by atoms with Crippen LogP contribution in [0.25, 0.3) is 22.9 Å². The van der Waals surface area contributed by atoms with Crippen LogP contribution >= 0.6 is 11.6 Å². The Hall–Kier alpha value is -3.83. The van der Waals surface area contributed by atoms with E-state index in [9.17, 15) is 23.6 Å². The van der Waals surface area contributed by atoms with Gasteiger partial charge in [0.25, 0.3) is 11.8 Å². The fourth-order valence-corrected chi connectivity index (χ4v) is 4.14. The molecule has 0 saturated carbocycles. The summed E-state index contributed by atoms with van der Waals surface area (Å²) in [4.78, 5) is 30.2. The lowest BCUT2D eigenvalue weighted by Crippen LogP contribution is -2.53. The molecule has 1 aliphatic rings. The number of amides is 2. The number of piperidine rings is 1. The Kier molecular flexibility index (Phi) is 7.08. The predicted molar refractivity (Wildman–Crippen MR) is 130 cm³/mol. The van der Waals surface area contributed by atoms with E-state index in [4.69, 9.17) is 11.6 Å². The van der Waals surface area contributed by atoms with E-state index < -0.39 is 43.3 Å². The second-order valence-corrected chi connectivity index (χ2v) is 8.73. The van der Waals surface area contributed by atoms with Crippen molar-refractivity contribution in [2.75, 3.05) is 13.1 Å². The molecular formula is C26H21ClF2N4O2. The number of alkyl halides is 2. The molecule has 2 heterocycles. The molecule has 35 heavy (non-hydrogen) atoms. The predicted octanol–water partition coefficient (Wildman–Crippen LogP) is 4.94. The molecule has 1 aliphatic heterocycles. The molecule has 3 aromatic rings. The van der Waals surface area contributed by atoms with Crippen molar-refractivity contribution < 1.29 is 18.4 Å². The number of nitrogens with zero attached hydrogens (tertiary/aromatic N) is 3. The number of hydrogen-bond donors (Lipinski definition) is 1. The van der Waals surface area contributed by atoms with Crippen LogP contribution < -0.4 is 5.32 Å². The second-order valence-electron chi connectivity index (χ2n) is 8.29. The fourth-order valence-electron chi connectivity index (χ4n) is 3.96. The zero-order chi connectivity index (χ0) is 25.0. The minimum atomic E-state index is -3.05. The number of nitrogens with one attached hydrogen (secondary N) is 1. The van der Waals surface area contributed by atoms with Crippen molar-refractivity contribution in [3.05, 3.63) is 76.6 Å². The van der Waals surface area contributed by atoms with E-state index in [1.807, 2.05) is 48.5 Å². The largest absolute Gasteiger partial charge is 0.343 e. The zero-order valence-electron chi connectivity index (χ0n) is 18.5. The summed E-state index contributed by atoms with van der Waals surface area (Å²) in [5.74, 6) is -4.33. The molecule has 178 valence electrons. The number of carbonyl (C=O) groups is 2. The molecule has 1 N–H and O–H groups in total. The minimum absolute atomic E-state index is 0.107. The van der Waals surface area contributed by atoms with Gasteiger partial charge in [0.1, 0.15) is 6.04 Å². The number of likely N-dealkylation sites (tertiary alicyclic amines) is 1. The monoisotopic (exact) mass is 494 g/mol. The number of halogens is 3. The van der Waals surface area contributed by atoms with Gasteiger partial charge in [-0.3, -0.25) is 14.6 Å². The van der Waals surface area contributed by atoms with Crippen molar-refractivity contribution >= 4 is 46.3 Å². The van der Waals surface area contributed by atoms with Crippen molar-refractivity contribution in [1.82, 2.24) is 15.2 Å². The van der Waals surface area contributed by atoms with Crippen molar-refractivity contribution in [3.8, 4) is 6.07 Å². The van der Waals surface area contributed by atoms with Crippen molar-refractivity contribution in [1.29, 1.82) is 5.26 Å². The smallest absolute Gasteiger partial charge is 0.265 e. The highest BCUT2D eigenvalue weighted by atomic mass is 35.5. The van der Waals surface area contributed by atoms with Gasteiger partial charge in [-0.15, -0.1) is 0 Å². The van der Waals surface area contributed by atoms with Crippen molar-refractivity contribution in [2.45, 2.75) is 24.8 Å². The zero-order valence-corrected chi connectivity index (χ0v) is 19.3. The molecule has 0 aliphatic carbocycles. The normalized spacial score (nSPS) is 17.3. The number of pyridine rings is 1. The summed E-state index contributed by atoms with van der Waals surface area (Å²) in [6.45, 7) is -1.33. The van der Waals surface area contributed by atoms with Crippen LogP contribution in [0.2, 0.25) is 5.02 Å². The SMILES string of the molecule is N#CC1CCC(F)(F)CN1C(=O)CNC(=O)c1ccncc1C=Cc1ccc2cc(Cl)ccc2c1. The van der Waals surface area contributed by atoms with Crippen LogP contribution in [0.4, 0.5) is 8.78 Å². The molecule has 0 radical (unpaired) electrons. The van der Waals surface area contributed by atoms with Crippen molar-refractivity contribution in [3.63, 3.8) is 0 Å². The van der Waals surface area contributed by atoms with E-state index in [0.717, 1.165) is 21.2 Å². The van der Waals surface area contributed by atoms with Gasteiger partial charge in [0, 0.05) is 35.0 Å². The third-order valence-electron chi connectivity index (χ3n) is 5.81. The highest BCUT2D eigenvalue weighted by molar-refractivity contribution is 6.31. The average molecular weight is 495 g/mol. The first-order valence-corrected chi connectivity index (χ1v) is 11.3. The van der Waals surface area contributed by atoms with Crippen LogP contribution in [0.1, 0.15) is 34.3 Å². The van der Waals surface area contributed by atoms with Gasteiger partial charge >= 0.3 is 0 Å². The summed E-state index contributed by atoms with van der Waals surface area (Å²) in [5.41, 5.74) is 1.70. The van der Waals surface area contributed by atoms with Crippen LogP contribution in [-0.2, 0) is 4.79 Å². The highest BCUT2D eigenvalue weighted by Crippen LogP contribution is 2.30. The standard InChI is InChI=1S/C26H21ClF2N4O2/c27-21-6-5-18-11-17(1-3-19(18)12-21)2-4-20-14-31-10-8-23(20)25(35)32-15-24(34)33-16-26(28,29)9-7-22(33)13-30/h1-6,8,10-12,14,22H,7,9,15-16H2,(H,32,35). The third kappa shape index (κ3) is 5.81. The number of benzene rings is 2. The van der Waals surface area contributed by atoms with Gasteiger partial charge in [0.15, 0.2) is 0 Å². The van der Waals surface area contributed by atoms with Gasteiger partial charge in [-0.05, 0) is 47.0 Å². The molecule has 1 unspecified atom stereocenters. The van der Waals surface area contributed by atoms with Gasteiger partial charge in [-0.25, -0.2) is 8.78 Å². The Bertz CT molecular complexity index is 1350. The van der Waals surface area contributed by atoms with Crippen LogP contribution in [0, 0.1) is 11.3 Å². The van der Waals surface area contributed by atoms with Crippen molar-refractivity contribution in [2.24, 2.45) is 0 Å². The first-order valence-electron chi connectivity index (χ1n) is 10.9. The summed E-state index contributed by atoms with van der Waals surface area (Å²) in [7, 11) is 0. The lowest BCUT2D eigenvalue weighted by molar-refractivity contribution is -0.143. The number of rotatable bonds is 5. The quantitative estimate of drug-likeness (QED) is 0.544. The molecule has 9 heteroatoms. The van der Waals surface area contributed by atoms with E-state index >= 15 is 0 Å². The van der Waals surface area contributed by atoms with E-state index in [0.29, 0.717) is 10.6 Å². The summed E-state index contributed by atoms with van der Waals surface area (Å²) in [6.07, 6.45) is 5.98. The van der Waals surface area contributed by atoms with Gasteiger partial charge in [0.05, 0.1) is 19.2 Å². The summed E-state index contributed by atoms with van der Waals surface area (Å²) in [6, 6.07) is 13.9. The Morgan fingerprint density at radius 2 is 1.97 bits per heavy atom. The molecule has 0 bridgehead atoms. The van der Waals surface area contributed by atoms with Crippen LogP contribution in [-0.4, -0.2) is 46.8 Å². The van der Waals surface area contributed by atoms with Crippen LogP contribution in [0.3, 0.4) is 0 Å². The molecule has 2 aromatic carbocycles. The first kappa shape index (κ1) is 24.3. The number of aromatic nitrogens is 1. The molecule has 4 rings (SSSR count). The minimum Gasteiger partial charge on any atom is -0.343 e. The number of hydrogen-bond acceptors (Lipinski definition) is 4. The van der Waals surface area contributed by atoms with E-state index in [1.165, 1.54) is 18.5 Å². The highest BCUT2D eigenvalue weighted by Gasteiger charge is 2.42. The Labute approximate surface area is 205 Å². The molecule has 1 saturated heterocycles. The topological polar surface area (TPSA) is 86.1 Å². The molecule has 1 atom stereocenters. The Morgan fingerprint density at radius 3 is 2.77 bits per heavy atom. The molecule has 6 nitrogen and oxygen atoms in total. The first-order chi connectivity index (χ1) is 16.8.